The van der Waals surface area contributed by atoms with Gasteiger partial charge in [-0.25, -0.2) is 26.8 Å². The molecule has 0 spiro atoms. The maximum absolute atomic E-state index is 13.0. The van der Waals surface area contributed by atoms with E-state index in [1.807, 2.05) is 109 Å². The van der Waals surface area contributed by atoms with Crippen LogP contribution in [0.5, 0.6) is 0 Å². The minimum atomic E-state index is -3.92. The van der Waals surface area contributed by atoms with E-state index in [2.05, 4.69) is 19.4 Å². The van der Waals surface area contributed by atoms with Crippen molar-refractivity contribution in [3.05, 3.63) is 216 Å². The molecule has 0 bridgehead atoms. The van der Waals surface area contributed by atoms with Crippen LogP contribution in [0, 0.1) is 0 Å². The summed E-state index contributed by atoms with van der Waals surface area (Å²) in [6.45, 7) is 0. The summed E-state index contributed by atoms with van der Waals surface area (Å²) in [7, 11) is -7.83. The van der Waals surface area contributed by atoms with Crippen LogP contribution in [0.3, 0.4) is 0 Å². The van der Waals surface area contributed by atoms with Gasteiger partial charge in [0.1, 0.15) is 31.1 Å². The molecule has 10 nitrogen and oxygen atoms in total. The van der Waals surface area contributed by atoms with Crippen molar-refractivity contribution in [1.82, 2.24) is 9.97 Å². The van der Waals surface area contributed by atoms with Crippen molar-refractivity contribution in [2.24, 2.45) is 0 Å². The summed E-state index contributed by atoms with van der Waals surface area (Å²) in [6, 6.07) is 61.6. The van der Waals surface area contributed by atoms with Crippen LogP contribution >= 0.6 is 0 Å². The van der Waals surface area contributed by atoms with E-state index in [1.165, 1.54) is 0 Å². The van der Waals surface area contributed by atoms with Crippen molar-refractivity contribution in [1.29, 1.82) is 0 Å². The predicted octanol–water partition coefficient (Wildman–Crippen LogP) is 13.1. The molecule has 0 fully saturated rings. The molecule has 0 aliphatic heterocycles. The first-order chi connectivity index (χ1) is 30.2. The minimum absolute atomic E-state index is 0. The number of para-hydroxylation sites is 4. The first kappa shape index (κ1) is 42.5. The number of oxazole rings is 2. The Labute approximate surface area is 377 Å². The van der Waals surface area contributed by atoms with Crippen molar-refractivity contribution in [3.63, 3.8) is 0 Å². The molecule has 2 heterocycles. The van der Waals surface area contributed by atoms with Gasteiger partial charge < -0.3 is 18.3 Å². The Bertz CT molecular complexity index is 3090. The van der Waals surface area contributed by atoms with Gasteiger partial charge in [-0.2, -0.15) is 0 Å². The molecule has 8 aromatic carbocycles. The van der Waals surface area contributed by atoms with Gasteiger partial charge in [0.15, 0.2) is 11.2 Å². The number of sulfonamides is 2. The van der Waals surface area contributed by atoms with E-state index in [0.717, 1.165) is 22.3 Å². The Morgan fingerprint density at radius 1 is 0.349 bits per heavy atom. The minimum Gasteiger partial charge on any atom is -0.572 e. The molecule has 0 atom stereocenters. The standard InChI is InChI=1S/2C25H17N2O3S.Zn/c2*28-31(29,20-16-14-19(15-17-20)18-8-2-1-3-9-18)27-22-11-5-4-10-21(22)25-26-23-12-6-7-13-24(23)30-25;/h2*1-17H;/q2*-1;+2. The van der Waals surface area contributed by atoms with E-state index in [9.17, 15) is 16.8 Å². The van der Waals surface area contributed by atoms with Crippen LogP contribution in [0.2, 0.25) is 0 Å². The zero-order valence-electron chi connectivity index (χ0n) is 33.4. The zero-order chi connectivity index (χ0) is 42.5. The van der Waals surface area contributed by atoms with Crippen molar-refractivity contribution in [2.75, 3.05) is 0 Å². The number of fused-ring (bicyclic) bond motifs is 2. The second-order valence-electron chi connectivity index (χ2n) is 13.9. The van der Waals surface area contributed by atoms with Gasteiger partial charge in [-0.1, -0.05) is 158 Å². The first-order valence-electron chi connectivity index (χ1n) is 19.4. The molecule has 0 aliphatic rings. The van der Waals surface area contributed by atoms with Gasteiger partial charge in [-0.3, -0.25) is 0 Å². The fourth-order valence-corrected chi connectivity index (χ4v) is 8.71. The molecular weight excluding hydrogens is 882 g/mol. The summed E-state index contributed by atoms with van der Waals surface area (Å²) >= 11 is 0. The molecule has 0 aliphatic carbocycles. The second kappa shape index (κ2) is 18.4. The van der Waals surface area contributed by atoms with E-state index in [0.29, 0.717) is 45.1 Å². The molecule has 63 heavy (non-hydrogen) atoms. The summed E-state index contributed by atoms with van der Waals surface area (Å²) in [5.41, 5.74) is 8.16. The van der Waals surface area contributed by atoms with Crippen LogP contribution < -0.4 is 0 Å². The van der Waals surface area contributed by atoms with Crippen molar-refractivity contribution in [2.45, 2.75) is 9.79 Å². The number of aromatic nitrogens is 2. The van der Waals surface area contributed by atoms with Gasteiger partial charge in [0, 0.05) is 11.1 Å². The van der Waals surface area contributed by atoms with Crippen LogP contribution in [0.25, 0.3) is 76.8 Å². The summed E-state index contributed by atoms with van der Waals surface area (Å²) in [6.07, 6.45) is 0. The summed E-state index contributed by atoms with van der Waals surface area (Å²) in [4.78, 5) is 9.19. The summed E-state index contributed by atoms with van der Waals surface area (Å²) in [5.74, 6) is 0.658. The van der Waals surface area contributed by atoms with Crippen LogP contribution in [-0.4, -0.2) is 26.8 Å². The Kier molecular flexibility index (Phi) is 12.4. The van der Waals surface area contributed by atoms with E-state index < -0.39 is 20.0 Å². The monoisotopic (exact) mass is 914 g/mol. The average molecular weight is 916 g/mol. The molecule has 0 radical (unpaired) electrons. The molecule has 0 amide bonds. The number of hydrogen-bond donors (Lipinski definition) is 0. The quantitative estimate of drug-likeness (QED) is 0.123. The summed E-state index contributed by atoms with van der Waals surface area (Å²) in [5, 5.41) is 0. The van der Waals surface area contributed by atoms with Crippen molar-refractivity contribution in [3.8, 4) is 45.2 Å². The second-order valence-corrected chi connectivity index (χ2v) is 17.1. The van der Waals surface area contributed by atoms with Crippen molar-refractivity contribution < 1.29 is 45.1 Å². The Hall–Kier alpha value is -7.18. The Morgan fingerprint density at radius 2 is 0.667 bits per heavy atom. The van der Waals surface area contributed by atoms with Gasteiger partial charge >= 0.3 is 19.5 Å². The van der Waals surface area contributed by atoms with E-state index >= 15 is 0 Å². The van der Waals surface area contributed by atoms with Crippen LogP contribution in [-0.2, 0) is 39.5 Å². The third kappa shape index (κ3) is 9.51. The number of rotatable bonds is 10. The largest absolute Gasteiger partial charge is 2.00 e. The van der Waals surface area contributed by atoms with E-state index in [1.54, 1.807) is 97.1 Å². The molecule has 2 aromatic heterocycles. The molecular formula is C50H34N4O6S2Zn. The molecule has 0 saturated heterocycles. The van der Waals surface area contributed by atoms with Gasteiger partial charge in [-0.05, 0) is 70.8 Å². The van der Waals surface area contributed by atoms with Crippen molar-refractivity contribution >= 4 is 53.6 Å². The maximum atomic E-state index is 13.0. The van der Waals surface area contributed by atoms with Gasteiger partial charge in [0.2, 0.25) is 11.8 Å². The van der Waals surface area contributed by atoms with Crippen LogP contribution in [0.1, 0.15) is 0 Å². The molecule has 304 valence electrons. The molecule has 13 heteroatoms. The van der Waals surface area contributed by atoms with Gasteiger partial charge in [0.25, 0.3) is 0 Å². The molecule has 10 aromatic rings. The number of nitrogens with zero attached hydrogens (tertiary/aromatic N) is 4. The fraction of sp³-hybridized carbons (Fsp3) is 0. The van der Waals surface area contributed by atoms with Crippen LogP contribution in [0.4, 0.5) is 11.4 Å². The normalized spacial score (nSPS) is 11.3. The topological polar surface area (TPSA) is 149 Å². The third-order valence-electron chi connectivity index (χ3n) is 9.81. The number of hydrogen-bond acceptors (Lipinski definition) is 8. The molecule has 0 N–H and O–H groups in total. The van der Waals surface area contributed by atoms with E-state index in [4.69, 9.17) is 8.83 Å². The number of benzene rings is 8. The van der Waals surface area contributed by atoms with E-state index in [-0.39, 0.29) is 40.6 Å². The summed E-state index contributed by atoms with van der Waals surface area (Å²) < 4.78 is 71.7. The third-order valence-corrected chi connectivity index (χ3v) is 12.4. The Balaban J connectivity index is 0.000000170. The van der Waals surface area contributed by atoms with Crippen LogP contribution in [0.15, 0.2) is 225 Å². The molecule has 0 saturated carbocycles. The zero-order valence-corrected chi connectivity index (χ0v) is 38.0. The molecule has 0 unspecified atom stereocenters. The molecule has 10 rings (SSSR count). The fourth-order valence-electron chi connectivity index (χ4n) is 6.71. The SMILES string of the molecule is O=S(=O)([N-]c1ccccc1-c1nc2ccccc2o1)c1ccc(-c2ccccc2)cc1.O=S(=O)([N-]c1ccccc1-c1nc2ccccc2o1)c1ccc(-c2ccccc2)cc1.[Zn+2]. The predicted molar refractivity (Wildman–Crippen MR) is 243 cm³/mol. The maximum Gasteiger partial charge on any atom is 2.00 e. The Morgan fingerprint density at radius 3 is 1.05 bits per heavy atom. The van der Waals surface area contributed by atoms with Gasteiger partial charge in [-0.15, -0.1) is 11.4 Å². The smallest absolute Gasteiger partial charge is 0.572 e. The first-order valence-corrected chi connectivity index (χ1v) is 22.3. The average Bonchev–Trinajstić information content (AvgIpc) is 3.95. The van der Waals surface area contributed by atoms with Gasteiger partial charge in [0.05, 0.1) is 9.79 Å².